The van der Waals surface area contributed by atoms with Gasteiger partial charge in [-0.3, -0.25) is 4.99 Å². The van der Waals surface area contributed by atoms with E-state index in [2.05, 4.69) is 37.1 Å². The highest BCUT2D eigenvalue weighted by atomic mass is 32.1. The maximum Gasteiger partial charge on any atom is 0.190 e. The number of aryl methyl sites for hydroxylation is 3. The van der Waals surface area contributed by atoms with E-state index in [1.165, 1.54) is 9.88 Å². The molecule has 6 nitrogen and oxygen atoms in total. The Labute approximate surface area is 142 Å². The van der Waals surface area contributed by atoms with Crippen molar-refractivity contribution in [3.63, 3.8) is 0 Å². The van der Waals surface area contributed by atoms with Crippen molar-refractivity contribution < 1.29 is 0 Å². The van der Waals surface area contributed by atoms with Crippen LogP contribution in [0, 0.1) is 13.8 Å². The molecule has 126 valence electrons. The molecule has 0 bridgehead atoms. The number of nitrogens with zero attached hydrogens (tertiary/aromatic N) is 4. The Morgan fingerprint density at radius 3 is 2.70 bits per heavy atom. The molecule has 0 radical (unpaired) electrons. The van der Waals surface area contributed by atoms with Crippen LogP contribution in [-0.4, -0.2) is 40.6 Å². The van der Waals surface area contributed by atoms with Crippen LogP contribution < -0.4 is 10.6 Å². The lowest BCUT2D eigenvalue weighted by molar-refractivity contribution is 0.588. The number of hydrogen-bond acceptors (Lipinski definition) is 4. The lowest BCUT2D eigenvalue weighted by Crippen LogP contribution is -2.38. The molecule has 0 saturated heterocycles. The minimum Gasteiger partial charge on any atom is -0.356 e. The molecule has 2 rings (SSSR count). The van der Waals surface area contributed by atoms with Gasteiger partial charge in [0.15, 0.2) is 5.96 Å². The Kier molecular flexibility index (Phi) is 7.06. The van der Waals surface area contributed by atoms with Gasteiger partial charge in [0, 0.05) is 56.6 Å². The molecule has 2 heterocycles. The van der Waals surface area contributed by atoms with Crippen LogP contribution in [-0.2, 0) is 13.0 Å². The van der Waals surface area contributed by atoms with Crippen LogP contribution in [0.15, 0.2) is 23.6 Å². The fourth-order valence-corrected chi connectivity index (χ4v) is 3.07. The molecule has 0 amide bonds. The van der Waals surface area contributed by atoms with Crippen LogP contribution in [0.4, 0.5) is 0 Å². The second-order valence-corrected chi connectivity index (χ2v) is 6.73. The lowest BCUT2D eigenvalue weighted by Gasteiger charge is -2.11. The first-order valence-corrected chi connectivity index (χ1v) is 8.84. The SMILES string of the molecule is CN=C(NCCCCn1ccnc1C)NCCc1ncc(C)s1. The second kappa shape index (κ2) is 9.29. The van der Waals surface area contributed by atoms with E-state index in [0.29, 0.717) is 0 Å². The van der Waals surface area contributed by atoms with Gasteiger partial charge in [-0.05, 0) is 26.7 Å². The molecule has 0 spiro atoms. The van der Waals surface area contributed by atoms with Gasteiger partial charge in [-0.2, -0.15) is 0 Å². The van der Waals surface area contributed by atoms with E-state index in [1.807, 2.05) is 25.5 Å². The van der Waals surface area contributed by atoms with Crippen molar-refractivity contribution >= 4 is 17.3 Å². The Morgan fingerprint density at radius 1 is 1.22 bits per heavy atom. The molecule has 0 fully saturated rings. The van der Waals surface area contributed by atoms with Crippen molar-refractivity contribution in [1.29, 1.82) is 0 Å². The summed E-state index contributed by atoms with van der Waals surface area (Å²) in [6.45, 7) is 6.90. The second-order valence-electron chi connectivity index (χ2n) is 5.42. The van der Waals surface area contributed by atoms with Gasteiger partial charge < -0.3 is 15.2 Å². The molecule has 2 aromatic rings. The number of aromatic nitrogens is 3. The third-order valence-electron chi connectivity index (χ3n) is 3.57. The standard InChI is InChI=1S/C16H26N6S/c1-13-12-21-15(23-13)6-8-20-16(17-3)19-7-4-5-10-22-11-9-18-14(22)2/h9,11-12H,4-8,10H2,1-3H3,(H2,17,19,20). The fourth-order valence-electron chi connectivity index (χ4n) is 2.28. The van der Waals surface area contributed by atoms with Crippen molar-refractivity contribution in [2.24, 2.45) is 4.99 Å². The van der Waals surface area contributed by atoms with Crippen molar-refractivity contribution in [2.45, 2.75) is 39.7 Å². The van der Waals surface area contributed by atoms with Crippen molar-refractivity contribution in [2.75, 3.05) is 20.1 Å². The molecule has 7 heteroatoms. The van der Waals surface area contributed by atoms with E-state index >= 15 is 0 Å². The summed E-state index contributed by atoms with van der Waals surface area (Å²) in [5.74, 6) is 1.94. The van der Waals surface area contributed by atoms with Crippen LogP contribution in [0.3, 0.4) is 0 Å². The topological polar surface area (TPSA) is 67.1 Å². The van der Waals surface area contributed by atoms with Crippen molar-refractivity contribution in [3.05, 3.63) is 34.3 Å². The average Bonchev–Trinajstić information content (AvgIpc) is 3.14. The number of imidazole rings is 1. The molecule has 0 aliphatic heterocycles. The predicted octanol–water partition coefficient (Wildman–Crippen LogP) is 2.14. The van der Waals surface area contributed by atoms with Gasteiger partial charge in [0.05, 0.1) is 5.01 Å². The third-order valence-corrected chi connectivity index (χ3v) is 4.54. The molecule has 23 heavy (non-hydrogen) atoms. The number of guanidine groups is 1. The summed E-state index contributed by atoms with van der Waals surface area (Å²) >= 11 is 1.75. The quantitative estimate of drug-likeness (QED) is 0.441. The zero-order valence-corrected chi connectivity index (χ0v) is 15.0. The maximum atomic E-state index is 4.37. The number of aliphatic imine (C=N–C) groups is 1. The summed E-state index contributed by atoms with van der Waals surface area (Å²) < 4.78 is 2.18. The summed E-state index contributed by atoms with van der Waals surface area (Å²) in [4.78, 5) is 14.1. The van der Waals surface area contributed by atoms with Crippen LogP contribution in [0.25, 0.3) is 0 Å². The monoisotopic (exact) mass is 334 g/mol. The van der Waals surface area contributed by atoms with Crippen LogP contribution in [0.2, 0.25) is 0 Å². The van der Waals surface area contributed by atoms with Crippen LogP contribution in [0.5, 0.6) is 0 Å². The highest BCUT2D eigenvalue weighted by Crippen LogP contribution is 2.10. The van der Waals surface area contributed by atoms with E-state index in [1.54, 1.807) is 18.4 Å². The number of thiazole rings is 1. The van der Waals surface area contributed by atoms with E-state index < -0.39 is 0 Å². The molecule has 0 aromatic carbocycles. The summed E-state index contributed by atoms with van der Waals surface area (Å²) in [7, 11) is 1.80. The van der Waals surface area contributed by atoms with Crippen LogP contribution in [0.1, 0.15) is 28.6 Å². The minimum absolute atomic E-state index is 0.848. The molecular weight excluding hydrogens is 308 g/mol. The average molecular weight is 334 g/mol. The van der Waals surface area contributed by atoms with E-state index in [0.717, 1.165) is 50.7 Å². The first kappa shape index (κ1) is 17.5. The Hall–Kier alpha value is -1.89. The first-order valence-electron chi connectivity index (χ1n) is 8.02. The van der Waals surface area contributed by atoms with Crippen LogP contribution >= 0.6 is 11.3 Å². The van der Waals surface area contributed by atoms with Gasteiger partial charge in [0.25, 0.3) is 0 Å². The van der Waals surface area contributed by atoms with E-state index in [-0.39, 0.29) is 0 Å². The van der Waals surface area contributed by atoms with Crippen molar-refractivity contribution in [3.8, 4) is 0 Å². The third kappa shape index (κ3) is 6.02. The largest absolute Gasteiger partial charge is 0.356 e. The van der Waals surface area contributed by atoms with Gasteiger partial charge in [-0.15, -0.1) is 11.3 Å². The minimum atomic E-state index is 0.848. The number of unbranched alkanes of at least 4 members (excludes halogenated alkanes) is 1. The van der Waals surface area contributed by atoms with Gasteiger partial charge in [0.2, 0.25) is 0 Å². The normalized spacial score (nSPS) is 11.7. The molecule has 0 saturated carbocycles. The smallest absolute Gasteiger partial charge is 0.190 e. The van der Waals surface area contributed by atoms with Gasteiger partial charge in [-0.1, -0.05) is 0 Å². The van der Waals surface area contributed by atoms with Gasteiger partial charge in [0.1, 0.15) is 5.82 Å². The van der Waals surface area contributed by atoms with Gasteiger partial charge in [-0.25, -0.2) is 9.97 Å². The Balaban J connectivity index is 1.57. The first-order chi connectivity index (χ1) is 11.2. The molecule has 2 aromatic heterocycles. The molecule has 0 aliphatic carbocycles. The molecule has 0 aliphatic rings. The summed E-state index contributed by atoms with van der Waals surface area (Å²) in [5.41, 5.74) is 0. The highest BCUT2D eigenvalue weighted by Gasteiger charge is 2.01. The number of nitrogens with one attached hydrogen (secondary N) is 2. The molecule has 2 N–H and O–H groups in total. The summed E-state index contributed by atoms with van der Waals surface area (Å²) in [6.07, 6.45) is 8.96. The Bertz CT molecular complexity index is 616. The molecule has 0 atom stereocenters. The fraction of sp³-hybridized carbons (Fsp3) is 0.562. The zero-order valence-electron chi connectivity index (χ0n) is 14.2. The van der Waals surface area contributed by atoms with Crippen molar-refractivity contribution in [1.82, 2.24) is 25.2 Å². The number of rotatable bonds is 8. The molecular formula is C16H26N6S. The molecule has 0 unspecified atom stereocenters. The zero-order chi connectivity index (χ0) is 16.5. The predicted molar refractivity (Wildman–Crippen MR) is 96.1 cm³/mol. The maximum absolute atomic E-state index is 4.37. The van der Waals surface area contributed by atoms with E-state index in [9.17, 15) is 0 Å². The summed E-state index contributed by atoms with van der Waals surface area (Å²) in [6, 6.07) is 0. The summed E-state index contributed by atoms with van der Waals surface area (Å²) in [5, 5.41) is 7.85. The highest BCUT2D eigenvalue weighted by molar-refractivity contribution is 7.11. The number of hydrogen-bond donors (Lipinski definition) is 2. The van der Waals surface area contributed by atoms with Gasteiger partial charge >= 0.3 is 0 Å². The Morgan fingerprint density at radius 2 is 2.04 bits per heavy atom. The van der Waals surface area contributed by atoms with E-state index in [4.69, 9.17) is 0 Å². The lowest BCUT2D eigenvalue weighted by atomic mass is 10.3.